The van der Waals surface area contributed by atoms with Crippen molar-refractivity contribution in [3.63, 3.8) is 0 Å². The van der Waals surface area contributed by atoms with Crippen molar-refractivity contribution in [2.75, 3.05) is 7.11 Å². The Labute approximate surface area is 73.3 Å². The van der Waals surface area contributed by atoms with Crippen molar-refractivity contribution in [3.8, 4) is 0 Å². The van der Waals surface area contributed by atoms with E-state index in [1.54, 1.807) is 7.11 Å². The quantitative estimate of drug-likeness (QED) is 0.598. The van der Waals surface area contributed by atoms with Crippen LogP contribution in [0.5, 0.6) is 0 Å². The second kappa shape index (κ2) is 2.84. The van der Waals surface area contributed by atoms with Gasteiger partial charge < -0.3 is 4.74 Å². The average molecular weight is 168 g/mol. The number of hydrogen-bond acceptors (Lipinski definition) is 2. The van der Waals surface area contributed by atoms with Crippen LogP contribution in [0.15, 0.2) is 0 Å². The molecule has 0 amide bonds. The van der Waals surface area contributed by atoms with Gasteiger partial charge in [0.15, 0.2) is 0 Å². The van der Waals surface area contributed by atoms with Gasteiger partial charge in [-0.05, 0) is 12.8 Å². The summed E-state index contributed by atoms with van der Waals surface area (Å²) in [6, 6.07) is 0. The van der Waals surface area contributed by atoms with Crippen molar-refractivity contribution < 1.29 is 9.53 Å². The van der Waals surface area contributed by atoms with Crippen LogP contribution in [0.4, 0.5) is 0 Å². The van der Waals surface area contributed by atoms with Gasteiger partial charge in [-0.15, -0.1) is 0 Å². The molecule has 1 spiro atoms. The number of carbonyl (C=O) groups is 1. The zero-order valence-corrected chi connectivity index (χ0v) is 7.64. The van der Waals surface area contributed by atoms with Gasteiger partial charge in [-0.2, -0.15) is 0 Å². The van der Waals surface area contributed by atoms with Gasteiger partial charge in [-0.3, -0.25) is 4.79 Å². The van der Waals surface area contributed by atoms with E-state index in [9.17, 15) is 4.79 Å². The van der Waals surface area contributed by atoms with Crippen molar-refractivity contribution in [3.05, 3.63) is 0 Å². The first-order valence-corrected chi connectivity index (χ1v) is 4.81. The van der Waals surface area contributed by atoms with Gasteiger partial charge in [-0.1, -0.05) is 12.8 Å². The van der Waals surface area contributed by atoms with E-state index in [4.69, 9.17) is 4.74 Å². The molecule has 2 aliphatic carbocycles. The van der Waals surface area contributed by atoms with Crippen molar-refractivity contribution in [2.24, 2.45) is 5.41 Å². The highest BCUT2D eigenvalue weighted by Gasteiger charge is 2.50. The SMILES string of the molecule is COC1CCCCC12CC(=O)C2. The fraction of sp³-hybridized carbons (Fsp3) is 0.900. The molecule has 0 aromatic carbocycles. The molecular formula is C10H16O2. The molecule has 0 bridgehead atoms. The summed E-state index contributed by atoms with van der Waals surface area (Å²) in [5.74, 6) is 0.430. The average Bonchev–Trinajstić information content (AvgIpc) is 2.03. The molecule has 12 heavy (non-hydrogen) atoms. The molecule has 0 saturated heterocycles. The summed E-state index contributed by atoms with van der Waals surface area (Å²) >= 11 is 0. The van der Waals surface area contributed by atoms with Crippen LogP contribution >= 0.6 is 0 Å². The van der Waals surface area contributed by atoms with Gasteiger partial charge in [0.05, 0.1) is 6.10 Å². The Morgan fingerprint density at radius 2 is 2.17 bits per heavy atom. The standard InChI is InChI=1S/C10H16O2/c1-12-9-4-2-3-5-10(9)6-8(11)7-10/h9H,2-7H2,1H3. The number of ketones is 1. The van der Waals surface area contributed by atoms with E-state index >= 15 is 0 Å². The van der Waals surface area contributed by atoms with E-state index in [1.165, 1.54) is 19.3 Å². The summed E-state index contributed by atoms with van der Waals surface area (Å²) in [6.45, 7) is 0. The second-order valence-electron chi connectivity index (χ2n) is 4.22. The second-order valence-corrected chi connectivity index (χ2v) is 4.22. The molecule has 0 aromatic rings. The molecule has 0 radical (unpaired) electrons. The Morgan fingerprint density at radius 3 is 2.75 bits per heavy atom. The van der Waals surface area contributed by atoms with E-state index in [-0.39, 0.29) is 5.41 Å². The molecule has 1 unspecified atom stereocenters. The summed E-state index contributed by atoms with van der Waals surface area (Å²) in [5.41, 5.74) is 0.268. The van der Waals surface area contributed by atoms with Gasteiger partial charge in [0, 0.05) is 25.4 Å². The normalized spacial score (nSPS) is 33.4. The lowest BCUT2D eigenvalue weighted by Crippen LogP contribution is -2.49. The highest BCUT2D eigenvalue weighted by molar-refractivity contribution is 5.86. The van der Waals surface area contributed by atoms with Crippen LogP contribution in [0.1, 0.15) is 38.5 Å². The summed E-state index contributed by atoms with van der Waals surface area (Å²) in [6.07, 6.45) is 6.85. The number of ether oxygens (including phenoxy) is 1. The first-order valence-electron chi connectivity index (χ1n) is 4.81. The molecule has 0 aliphatic heterocycles. The third kappa shape index (κ3) is 1.09. The predicted molar refractivity (Wildman–Crippen MR) is 45.9 cm³/mol. The predicted octanol–water partition coefficient (Wildman–Crippen LogP) is 1.92. The van der Waals surface area contributed by atoms with Gasteiger partial charge in [0.2, 0.25) is 0 Å². The van der Waals surface area contributed by atoms with Gasteiger partial charge in [0.25, 0.3) is 0 Å². The minimum Gasteiger partial charge on any atom is -0.381 e. The first-order chi connectivity index (χ1) is 5.77. The van der Waals surface area contributed by atoms with Crippen LogP contribution < -0.4 is 0 Å². The number of Topliss-reactive ketones (excluding diaryl/α,β-unsaturated/α-hetero) is 1. The topological polar surface area (TPSA) is 26.3 Å². The van der Waals surface area contributed by atoms with E-state index in [0.29, 0.717) is 11.9 Å². The Balaban J connectivity index is 2.05. The molecule has 0 N–H and O–H groups in total. The molecule has 0 heterocycles. The third-order valence-electron chi connectivity index (χ3n) is 3.46. The van der Waals surface area contributed by atoms with E-state index in [0.717, 1.165) is 19.3 Å². The minimum absolute atomic E-state index is 0.268. The maximum Gasteiger partial charge on any atom is 0.134 e. The summed E-state index contributed by atoms with van der Waals surface area (Å²) in [4.78, 5) is 11.0. The minimum atomic E-state index is 0.268. The summed E-state index contributed by atoms with van der Waals surface area (Å²) in [7, 11) is 1.78. The van der Waals surface area contributed by atoms with E-state index < -0.39 is 0 Å². The molecule has 2 nitrogen and oxygen atoms in total. The van der Waals surface area contributed by atoms with Crippen LogP contribution in [0.25, 0.3) is 0 Å². The van der Waals surface area contributed by atoms with Crippen molar-refractivity contribution >= 4 is 5.78 Å². The fourth-order valence-electron chi connectivity index (χ4n) is 2.78. The summed E-state index contributed by atoms with van der Waals surface area (Å²) < 4.78 is 5.44. The maximum absolute atomic E-state index is 11.0. The van der Waals surface area contributed by atoms with Crippen LogP contribution in [-0.2, 0) is 9.53 Å². The third-order valence-corrected chi connectivity index (χ3v) is 3.46. The van der Waals surface area contributed by atoms with Gasteiger partial charge in [-0.25, -0.2) is 0 Å². The Bertz CT molecular complexity index is 190. The van der Waals surface area contributed by atoms with E-state index in [1.807, 2.05) is 0 Å². The lowest BCUT2D eigenvalue weighted by molar-refractivity contribution is -0.148. The Morgan fingerprint density at radius 1 is 1.42 bits per heavy atom. The van der Waals surface area contributed by atoms with Crippen molar-refractivity contribution in [1.82, 2.24) is 0 Å². The lowest BCUT2D eigenvalue weighted by atomic mass is 9.58. The van der Waals surface area contributed by atoms with E-state index in [2.05, 4.69) is 0 Å². The fourth-order valence-corrected chi connectivity index (χ4v) is 2.78. The smallest absolute Gasteiger partial charge is 0.134 e. The zero-order chi connectivity index (χ0) is 8.60. The number of carbonyl (C=O) groups excluding carboxylic acids is 1. The highest BCUT2D eigenvalue weighted by Crippen LogP contribution is 2.50. The Hall–Kier alpha value is -0.370. The molecule has 2 saturated carbocycles. The molecule has 2 heteroatoms. The lowest BCUT2D eigenvalue weighted by Gasteiger charge is -2.48. The van der Waals surface area contributed by atoms with Crippen molar-refractivity contribution in [2.45, 2.75) is 44.6 Å². The largest absolute Gasteiger partial charge is 0.381 e. The molecule has 0 aromatic heterocycles. The van der Waals surface area contributed by atoms with Crippen LogP contribution in [0.2, 0.25) is 0 Å². The number of hydrogen-bond donors (Lipinski definition) is 0. The van der Waals surface area contributed by atoms with Crippen LogP contribution in [0, 0.1) is 5.41 Å². The van der Waals surface area contributed by atoms with Gasteiger partial charge >= 0.3 is 0 Å². The Kier molecular flexibility index (Phi) is 1.95. The van der Waals surface area contributed by atoms with Gasteiger partial charge in [0.1, 0.15) is 5.78 Å². The summed E-state index contributed by atoms with van der Waals surface area (Å²) in [5, 5.41) is 0. The van der Waals surface area contributed by atoms with Crippen molar-refractivity contribution in [1.29, 1.82) is 0 Å². The van der Waals surface area contributed by atoms with Crippen LogP contribution in [-0.4, -0.2) is 19.0 Å². The molecule has 2 rings (SSSR count). The van der Waals surface area contributed by atoms with Crippen LogP contribution in [0.3, 0.4) is 0 Å². The maximum atomic E-state index is 11.0. The molecule has 2 aliphatic rings. The molecule has 68 valence electrons. The number of rotatable bonds is 1. The molecular weight excluding hydrogens is 152 g/mol. The molecule has 1 atom stereocenters. The number of methoxy groups -OCH3 is 1. The zero-order valence-electron chi connectivity index (χ0n) is 7.64. The monoisotopic (exact) mass is 168 g/mol. The first kappa shape index (κ1) is 8.24. The highest BCUT2D eigenvalue weighted by atomic mass is 16.5. The molecule has 2 fully saturated rings.